The molecule has 1 N–H and O–H groups in total. The lowest BCUT2D eigenvalue weighted by Crippen LogP contribution is -2.28. The third kappa shape index (κ3) is 4.89. The molecule has 0 aliphatic carbocycles. The first-order valence-corrected chi connectivity index (χ1v) is 6.61. The lowest BCUT2D eigenvalue weighted by atomic mass is 10.2. The highest BCUT2D eigenvalue weighted by Gasteiger charge is 2.09. The quantitative estimate of drug-likeness (QED) is 0.860. The number of nitrogens with one attached hydrogen (secondary N) is 1. The van der Waals surface area contributed by atoms with E-state index in [-0.39, 0.29) is 12.5 Å². The Kier molecular flexibility index (Phi) is 5.29. The molecule has 2 aromatic rings. The summed E-state index contributed by atoms with van der Waals surface area (Å²) in [7, 11) is 0. The van der Waals surface area contributed by atoms with E-state index in [1.54, 1.807) is 30.5 Å². The lowest BCUT2D eigenvalue weighted by molar-refractivity contribution is -0.124. The molecule has 0 spiro atoms. The van der Waals surface area contributed by atoms with Crippen LogP contribution in [0.4, 0.5) is 0 Å². The number of ether oxygens (including phenoxy) is 1. The second kappa shape index (κ2) is 7.40. The summed E-state index contributed by atoms with van der Waals surface area (Å²) < 4.78 is 4.89. The predicted octanol–water partition coefficient (Wildman–Crippen LogP) is 2.21. The molecule has 0 bridgehead atoms. The Hall–Kier alpha value is -2.40. The summed E-state index contributed by atoms with van der Waals surface area (Å²) in [5.74, 6) is -0.952. The number of hydrogen-bond acceptors (Lipinski definition) is 4. The number of esters is 1. The minimum Gasteiger partial charge on any atom is -0.452 e. The molecule has 1 amide bonds. The van der Waals surface area contributed by atoms with Crippen molar-refractivity contribution in [2.75, 3.05) is 6.61 Å². The highest BCUT2D eigenvalue weighted by Crippen LogP contribution is 2.09. The number of amides is 1. The largest absolute Gasteiger partial charge is 0.452 e. The van der Waals surface area contributed by atoms with Crippen LogP contribution in [0.5, 0.6) is 0 Å². The van der Waals surface area contributed by atoms with Crippen molar-refractivity contribution < 1.29 is 14.3 Å². The van der Waals surface area contributed by atoms with E-state index < -0.39 is 5.97 Å². The molecule has 0 aliphatic rings. The average Bonchev–Trinajstić information content (AvgIpc) is 2.53. The van der Waals surface area contributed by atoms with E-state index in [4.69, 9.17) is 16.3 Å². The van der Waals surface area contributed by atoms with Crippen molar-refractivity contribution in [2.24, 2.45) is 0 Å². The van der Waals surface area contributed by atoms with Gasteiger partial charge in [0.25, 0.3) is 5.91 Å². The zero-order valence-corrected chi connectivity index (χ0v) is 11.8. The fourth-order valence-electron chi connectivity index (χ4n) is 1.55. The second-order valence-electron chi connectivity index (χ2n) is 4.22. The molecule has 0 radical (unpaired) electrons. The molecule has 2 rings (SSSR count). The summed E-state index contributed by atoms with van der Waals surface area (Å²) in [6, 6.07) is 10.3. The third-order valence-electron chi connectivity index (χ3n) is 2.63. The van der Waals surface area contributed by atoms with E-state index in [0.29, 0.717) is 17.1 Å². The van der Waals surface area contributed by atoms with Gasteiger partial charge in [-0.1, -0.05) is 23.7 Å². The Bertz CT molecular complexity index is 615. The van der Waals surface area contributed by atoms with Gasteiger partial charge >= 0.3 is 5.97 Å². The molecule has 0 fully saturated rings. The summed E-state index contributed by atoms with van der Waals surface area (Å²) in [5, 5.41) is 3.29. The van der Waals surface area contributed by atoms with Crippen LogP contribution < -0.4 is 5.32 Å². The number of aromatic nitrogens is 1. The summed E-state index contributed by atoms with van der Waals surface area (Å²) in [4.78, 5) is 27.0. The Morgan fingerprint density at radius 2 is 1.95 bits per heavy atom. The number of benzene rings is 1. The molecule has 0 saturated carbocycles. The van der Waals surface area contributed by atoms with E-state index in [0.717, 1.165) is 5.56 Å². The van der Waals surface area contributed by atoms with Gasteiger partial charge in [-0.2, -0.15) is 0 Å². The maximum Gasteiger partial charge on any atom is 0.340 e. The van der Waals surface area contributed by atoms with Crippen LogP contribution in [0.1, 0.15) is 15.9 Å². The first-order valence-electron chi connectivity index (χ1n) is 6.23. The number of pyridine rings is 1. The van der Waals surface area contributed by atoms with Crippen molar-refractivity contribution >= 4 is 23.5 Å². The van der Waals surface area contributed by atoms with Gasteiger partial charge in [0.2, 0.25) is 0 Å². The normalized spacial score (nSPS) is 9.95. The number of nitrogens with zero attached hydrogens (tertiary/aromatic N) is 1. The van der Waals surface area contributed by atoms with Crippen molar-refractivity contribution in [3.05, 3.63) is 64.9 Å². The first-order chi connectivity index (χ1) is 10.1. The summed E-state index contributed by atoms with van der Waals surface area (Å²) in [6.45, 7) is 0.0156. The molecule has 5 nitrogen and oxygen atoms in total. The zero-order valence-electron chi connectivity index (χ0n) is 11.1. The van der Waals surface area contributed by atoms with Crippen LogP contribution in [-0.2, 0) is 16.1 Å². The molecular formula is C15H13ClN2O3. The third-order valence-corrected chi connectivity index (χ3v) is 2.89. The second-order valence-corrected chi connectivity index (χ2v) is 4.66. The van der Waals surface area contributed by atoms with Crippen molar-refractivity contribution in [3.63, 3.8) is 0 Å². The maximum atomic E-state index is 11.6. The molecular weight excluding hydrogens is 292 g/mol. The Morgan fingerprint density at radius 3 is 2.62 bits per heavy atom. The van der Waals surface area contributed by atoms with Crippen molar-refractivity contribution in [2.45, 2.75) is 6.54 Å². The number of hydrogen-bond donors (Lipinski definition) is 1. The molecule has 0 unspecified atom stereocenters. The van der Waals surface area contributed by atoms with Gasteiger partial charge in [-0.3, -0.25) is 9.78 Å². The number of rotatable bonds is 5. The molecule has 1 aromatic carbocycles. The van der Waals surface area contributed by atoms with Crippen molar-refractivity contribution in [3.8, 4) is 0 Å². The minimum absolute atomic E-state index is 0.308. The van der Waals surface area contributed by atoms with E-state index in [1.807, 2.05) is 12.1 Å². The van der Waals surface area contributed by atoms with E-state index >= 15 is 0 Å². The maximum absolute atomic E-state index is 11.6. The first kappa shape index (κ1) is 15.0. The molecule has 0 saturated heterocycles. The van der Waals surface area contributed by atoms with Crippen LogP contribution in [0.2, 0.25) is 5.02 Å². The fourth-order valence-corrected chi connectivity index (χ4v) is 1.68. The highest BCUT2D eigenvalue weighted by atomic mass is 35.5. The molecule has 21 heavy (non-hydrogen) atoms. The van der Waals surface area contributed by atoms with Gasteiger partial charge in [-0.05, 0) is 29.8 Å². The van der Waals surface area contributed by atoms with E-state index in [9.17, 15) is 9.59 Å². The minimum atomic E-state index is -0.579. The summed E-state index contributed by atoms with van der Waals surface area (Å²) >= 11 is 5.77. The summed E-state index contributed by atoms with van der Waals surface area (Å²) in [6.07, 6.45) is 2.93. The van der Waals surface area contributed by atoms with Crippen LogP contribution in [-0.4, -0.2) is 23.5 Å². The van der Waals surface area contributed by atoms with Gasteiger partial charge in [-0.25, -0.2) is 4.79 Å². The van der Waals surface area contributed by atoms with Gasteiger partial charge in [-0.15, -0.1) is 0 Å². The fraction of sp³-hybridized carbons (Fsp3) is 0.133. The Balaban J connectivity index is 1.75. The SMILES string of the molecule is O=C(COC(=O)c1cccnc1)NCc1ccc(Cl)cc1. The molecule has 0 aliphatic heterocycles. The highest BCUT2D eigenvalue weighted by molar-refractivity contribution is 6.30. The molecule has 108 valence electrons. The summed E-state index contributed by atoms with van der Waals surface area (Å²) in [5.41, 5.74) is 1.22. The van der Waals surface area contributed by atoms with E-state index in [1.165, 1.54) is 6.20 Å². The van der Waals surface area contributed by atoms with Crippen LogP contribution in [0.15, 0.2) is 48.8 Å². The Morgan fingerprint density at radius 1 is 1.19 bits per heavy atom. The van der Waals surface area contributed by atoms with Gasteiger partial charge in [0.1, 0.15) is 0 Å². The topological polar surface area (TPSA) is 68.3 Å². The van der Waals surface area contributed by atoms with Gasteiger partial charge < -0.3 is 10.1 Å². The van der Waals surface area contributed by atoms with Crippen LogP contribution in [0.25, 0.3) is 0 Å². The standard InChI is InChI=1S/C15H13ClN2O3/c16-13-5-3-11(4-6-13)8-18-14(19)10-21-15(20)12-2-1-7-17-9-12/h1-7,9H,8,10H2,(H,18,19). The Labute approximate surface area is 126 Å². The van der Waals surface area contributed by atoms with Crippen LogP contribution in [0, 0.1) is 0 Å². The number of carbonyl (C=O) groups excluding carboxylic acids is 2. The van der Waals surface area contributed by atoms with Crippen LogP contribution in [0.3, 0.4) is 0 Å². The van der Waals surface area contributed by atoms with Gasteiger partial charge in [0, 0.05) is 24.0 Å². The predicted molar refractivity (Wildman–Crippen MR) is 77.8 cm³/mol. The zero-order chi connectivity index (χ0) is 15.1. The molecule has 6 heteroatoms. The molecule has 1 heterocycles. The van der Waals surface area contributed by atoms with Gasteiger partial charge in [0.05, 0.1) is 5.56 Å². The van der Waals surface area contributed by atoms with Crippen molar-refractivity contribution in [1.29, 1.82) is 0 Å². The number of carbonyl (C=O) groups is 2. The average molecular weight is 305 g/mol. The lowest BCUT2D eigenvalue weighted by Gasteiger charge is -2.06. The monoisotopic (exact) mass is 304 g/mol. The van der Waals surface area contributed by atoms with Gasteiger partial charge in [0.15, 0.2) is 6.61 Å². The molecule has 1 aromatic heterocycles. The van der Waals surface area contributed by atoms with E-state index in [2.05, 4.69) is 10.3 Å². The van der Waals surface area contributed by atoms with Crippen LogP contribution >= 0.6 is 11.6 Å². The number of halogens is 1. The smallest absolute Gasteiger partial charge is 0.340 e. The van der Waals surface area contributed by atoms with Crippen molar-refractivity contribution in [1.82, 2.24) is 10.3 Å². The molecule has 0 atom stereocenters.